The van der Waals surface area contributed by atoms with Crippen LogP contribution in [0.15, 0.2) is 36.5 Å². The summed E-state index contributed by atoms with van der Waals surface area (Å²) in [6.07, 6.45) is 1.86. The summed E-state index contributed by atoms with van der Waals surface area (Å²) in [5, 5.41) is 0. The molecule has 0 aliphatic rings. The lowest BCUT2D eigenvalue weighted by molar-refractivity contribution is 0.631. The van der Waals surface area contributed by atoms with Crippen LogP contribution in [0.1, 0.15) is 0 Å². The Morgan fingerprint density at radius 1 is 1.20 bits per heavy atom. The first-order chi connectivity index (χ1) is 7.18. The SMILES string of the molecule is CN(C)c1c[nH]c(-c2ccccc2F)c1. The fourth-order valence-corrected chi connectivity index (χ4v) is 1.48. The molecule has 0 bridgehead atoms. The molecule has 1 aromatic heterocycles. The van der Waals surface area contributed by atoms with Gasteiger partial charge in [0.25, 0.3) is 0 Å². The van der Waals surface area contributed by atoms with E-state index in [-0.39, 0.29) is 5.82 Å². The van der Waals surface area contributed by atoms with Crippen molar-refractivity contribution in [2.45, 2.75) is 0 Å². The molecule has 2 rings (SSSR count). The van der Waals surface area contributed by atoms with E-state index in [1.165, 1.54) is 6.07 Å². The Morgan fingerprint density at radius 3 is 2.53 bits per heavy atom. The number of nitrogens with zero attached hydrogens (tertiary/aromatic N) is 1. The summed E-state index contributed by atoms with van der Waals surface area (Å²) in [4.78, 5) is 5.04. The molecule has 1 N–H and O–H groups in total. The average molecular weight is 204 g/mol. The van der Waals surface area contributed by atoms with Crippen molar-refractivity contribution in [3.8, 4) is 11.3 Å². The van der Waals surface area contributed by atoms with Gasteiger partial charge < -0.3 is 9.88 Å². The Kier molecular flexibility index (Phi) is 2.46. The smallest absolute Gasteiger partial charge is 0.132 e. The molecular formula is C12H13FN2. The van der Waals surface area contributed by atoms with E-state index in [1.807, 2.05) is 37.3 Å². The summed E-state index contributed by atoms with van der Waals surface area (Å²) in [5.74, 6) is -0.204. The summed E-state index contributed by atoms with van der Waals surface area (Å²) < 4.78 is 13.5. The van der Waals surface area contributed by atoms with Gasteiger partial charge in [0.2, 0.25) is 0 Å². The summed E-state index contributed by atoms with van der Waals surface area (Å²) >= 11 is 0. The van der Waals surface area contributed by atoms with Crippen LogP contribution in [0.3, 0.4) is 0 Å². The lowest BCUT2D eigenvalue weighted by Gasteiger charge is -2.07. The molecule has 0 aliphatic carbocycles. The van der Waals surface area contributed by atoms with Crippen molar-refractivity contribution in [3.05, 3.63) is 42.3 Å². The topological polar surface area (TPSA) is 19.0 Å². The van der Waals surface area contributed by atoms with Gasteiger partial charge in [0.15, 0.2) is 0 Å². The number of benzene rings is 1. The summed E-state index contributed by atoms with van der Waals surface area (Å²) in [6, 6.07) is 8.67. The van der Waals surface area contributed by atoms with E-state index in [1.54, 1.807) is 12.1 Å². The van der Waals surface area contributed by atoms with Crippen LogP contribution < -0.4 is 4.90 Å². The number of anilines is 1. The van der Waals surface area contributed by atoms with E-state index in [0.717, 1.165) is 11.4 Å². The fourth-order valence-electron chi connectivity index (χ4n) is 1.48. The number of halogens is 1. The fraction of sp³-hybridized carbons (Fsp3) is 0.167. The van der Waals surface area contributed by atoms with Crippen molar-refractivity contribution in [1.29, 1.82) is 0 Å². The van der Waals surface area contributed by atoms with Gasteiger partial charge >= 0.3 is 0 Å². The number of nitrogens with one attached hydrogen (secondary N) is 1. The van der Waals surface area contributed by atoms with Gasteiger partial charge in [-0.15, -0.1) is 0 Å². The lowest BCUT2D eigenvalue weighted by Crippen LogP contribution is -2.06. The van der Waals surface area contributed by atoms with E-state index in [2.05, 4.69) is 4.98 Å². The molecule has 0 amide bonds. The summed E-state index contributed by atoms with van der Waals surface area (Å²) in [6.45, 7) is 0. The van der Waals surface area contributed by atoms with Gasteiger partial charge in [-0.1, -0.05) is 12.1 Å². The van der Waals surface area contributed by atoms with E-state index in [0.29, 0.717) is 5.56 Å². The van der Waals surface area contributed by atoms with Gasteiger partial charge in [0.05, 0.1) is 11.4 Å². The largest absolute Gasteiger partial charge is 0.376 e. The van der Waals surface area contributed by atoms with Gasteiger partial charge in [-0.25, -0.2) is 4.39 Å². The van der Waals surface area contributed by atoms with E-state index in [9.17, 15) is 4.39 Å². The van der Waals surface area contributed by atoms with Crippen molar-refractivity contribution >= 4 is 5.69 Å². The molecule has 0 atom stereocenters. The van der Waals surface area contributed by atoms with E-state index < -0.39 is 0 Å². The van der Waals surface area contributed by atoms with E-state index >= 15 is 0 Å². The number of hydrogen-bond donors (Lipinski definition) is 1. The van der Waals surface area contributed by atoms with Gasteiger partial charge in [-0.2, -0.15) is 0 Å². The standard InChI is InChI=1S/C12H13FN2/c1-15(2)9-7-12(14-8-9)10-5-3-4-6-11(10)13/h3-8,14H,1-2H3. The van der Waals surface area contributed by atoms with Crippen molar-refractivity contribution in [3.63, 3.8) is 0 Å². The number of H-pyrrole nitrogens is 1. The number of hydrogen-bond acceptors (Lipinski definition) is 1. The molecule has 2 aromatic rings. The normalized spacial score (nSPS) is 10.3. The second-order valence-electron chi connectivity index (χ2n) is 3.65. The van der Waals surface area contributed by atoms with Crippen molar-refractivity contribution in [1.82, 2.24) is 4.98 Å². The third kappa shape index (κ3) is 1.86. The molecule has 15 heavy (non-hydrogen) atoms. The molecule has 3 heteroatoms. The van der Waals surface area contributed by atoms with Crippen LogP contribution in [0.4, 0.5) is 10.1 Å². The highest BCUT2D eigenvalue weighted by Gasteiger charge is 2.06. The zero-order chi connectivity index (χ0) is 10.8. The highest BCUT2D eigenvalue weighted by molar-refractivity contribution is 5.65. The number of aromatic nitrogens is 1. The Balaban J connectivity index is 2.42. The first kappa shape index (κ1) is 9.77. The second kappa shape index (κ2) is 3.77. The minimum Gasteiger partial charge on any atom is -0.376 e. The highest BCUT2D eigenvalue weighted by atomic mass is 19.1. The first-order valence-corrected chi connectivity index (χ1v) is 4.79. The molecule has 1 aromatic carbocycles. The molecule has 1 heterocycles. The molecular weight excluding hydrogens is 191 g/mol. The van der Waals surface area contributed by atoms with Crippen LogP contribution in [-0.4, -0.2) is 19.1 Å². The quantitative estimate of drug-likeness (QED) is 0.797. The third-order valence-electron chi connectivity index (χ3n) is 2.35. The Labute approximate surface area is 88.4 Å². The monoisotopic (exact) mass is 204 g/mol. The van der Waals surface area contributed by atoms with E-state index in [4.69, 9.17) is 0 Å². The van der Waals surface area contributed by atoms with Crippen molar-refractivity contribution in [2.75, 3.05) is 19.0 Å². The molecule has 0 aliphatic heterocycles. The minimum absolute atomic E-state index is 0.204. The van der Waals surface area contributed by atoms with Crippen LogP contribution in [0.5, 0.6) is 0 Å². The Hall–Kier alpha value is -1.77. The molecule has 0 fully saturated rings. The molecule has 0 saturated heterocycles. The Morgan fingerprint density at radius 2 is 1.93 bits per heavy atom. The predicted molar refractivity (Wildman–Crippen MR) is 60.5 cm³/mol. The van der Waals surface area contributed by atoms with Crippen LogP contribution in [0.25, 0.3) is 11.3 Å². The van der Waals surface area contributed by atoms with Crippen molar-refractivity contribution < 1.29 is 4.39 Å². The van der Waals surface area contributed by atoms with Crippen LogP contribution in [0, 0.1) is 5.82 Å². The molecule has 0 unspecified atom stereocenters. The second-order valence-corrected chi connectivity index (χ2v) is 3.65. The zero-order valence-corrected chi connectivity index (χ0v) is 8.79. The first-order valence-electron chi connectivity index (χ1n) is 4.79. The van der Waals surface area contributed by atoms with Gasteiger partial charge in [0, 0.05) is 25.9 Å². The van der Waals surface area contributed by atoms with Crippen LogP contribution in [-0.2, 0) is 0 Å². The third-order valence-corrected chi connectivity index (χ3v) is 2.35. The van der Waals surface area contributed by atoms with Gasteiger partial charge in [-0.05, 0) is 18.2 Å². The Bertz CT molecular complexity index is 460. The maximum atomic E-state index is 13.5. The predicted octanol–water partition coefficient (Wildman–Crippen LogP) is 2.89. The van der Waals surface area contributed by atoms with Crippen LogP contribution >= 0.6 is 0 Å². The molecule has 2 nitrogen and oxygen atoms in total. The maximum absolute atomic E-state index is 13.5. The lowest BCUT2D eigenvalue weighted by atomic mass is 10.1. The zero-order valence-electron chi connectivity index (χ0n) is 8.79. The highest BCUT2D eigenvalue weighted by Crippen LogP contribution is 2.24. The van der Waals surface area contributed by atoms with Gasteiger partial charge in [0.1, 0.15) is 5.82 Å². The molecule has 0 saturated carbocycles. The summed E-state index contributed by atoms with van der Waals surface area (Å²) in [5.41, 5.74) is 2.44. The molecule has 0 spiro atoms. The van der Waals surface area contributed by atoms with Crippen LogP contribution in [0.2, 0.25) is 0 Å². The molecule has 78 valence electrons. The maximum Gasteiger partial charge on any atom is 0.132 e. The van der Waals surface area contributed by atoms with Crippen molar-refractivity contribution in [2.24, 2.45) is 0 Å². The summed E-state index contributed by atoms with van der Waals surface area (Å²) in [7, 11) is 3.91. The molecule has 0 radical (unpaired) electrons. The minimum atomic E-state index is -0.204. The number of aromatic amines is 1. The number of rotatable bonds is 2. The average Bonchev–Trinajstić information content (AvgIpc) is 2.67. The van der Waals surface area contributed by atoms with Gasteiger partial charge in [-0.3, -0.25) is 0 Å².